The van der Waals surface area contributed by atoms with Gasteiger partial charge in [-0.2, -0.15) is 4.98 Å². The number of pyridine rings is 1. The number of oxazole rings is 1. The van der Waals surface area contributed by atoms with E-state index in [1.807, 2.05) is 0 Å². The normalized spacial score (nSPS) is 14.1. The molecule has 1 amide bonds. The molecule has 0 aliphatic carbocycles. The Hall–Kier alpha value is -4.15. The standard InChI is InChI=1S/C23H26N6O5/c30-19(28-22-25-11-3-12-26-22)5-2-13-33-16-8-6-15(7-9-16)14-17(21(31)32)27-23-29-20-18(34-23)4-1-10-24-20/h1,4,6-10,17H,2-3,5,11-14H2,(H,31,32)(H,24,27,29)(H2,25,26,28,30)/t17-/m0/s1. The highest BCUT2D eigenvalue weighted by Gasteiger charge is 2.20. The Balaban J connectivity index is 1.23. The zero-order valence-electron chi connectivity index (χ0n) is 18.5. The van der Waals surface area contributed by atoms with Crippen molar-refractivity contribution in [3.05, 3.63) is 48.2 Å². The molecule has 0 spiro atoms. The molecule has 2 aromatic heterocycles. The van der Waals surface area contributed by atoms with Crippen molar-refractivity contribution in [3.8, 4) is 5.75 Å². The van der Waals surface area contributed by atoms with Gasteiger partial charge in [0.2, 0.25) is 11.6 Å². The summed E-state index contributed by atoms with van der Waals surface area (Å²) in [6.45, 7) is 1.92. The van der Waals surface area contributed by atoms with Gasteiger partial charge in [-0.05, 0) is 42.7 Å². The number of aromatic nitrogens is 2. The van der Waals surface area contributed by atoms with E-state index in [0.29, 0.717) is 42.4 Å². The van der Waals surface area contributed by atoms with Crippen molar-refractivity contribution >= 4 is 35.1 Å². The molecule has 1 aliphatic rings. The molecule has 0 unspecified atom stereocenters. The van der Waals surface area contributed by atoms with E-state index in [9.17, 15) is 14.7 Å². The summed E-state index contributed by atoms with van der Waals surface area (Å²) in [6.07, 6.45) is 3.67. The number of carbonyl (C=O) groups is 2. The highest BCUT2D eigenvalue weighted by molar-refractivity contribution is 5.97. The van der Waals surface area contributed by atoms with Crippen LogP contribution in [0, 0.1) is 0 Å². The van der Waals surface area contributed by atoms with Crippen LogP contribution in [-0.2, 0) is 16.0 Å². The minimum Gasteiger partial charge on any atom is -0.494 e. The molecular weight excluding hydrogens is 440 g/mol. The number of amides is 1. The van der Waals surface area contributed by atoms with Crippen LogP contribution in [0.2, 0.25) is 0 Å². The van der Waals surface area contributed by atoms with E-state index in [1.165, 1.54) is 0 Å². The Morgan fingerprint density at radius 1 is 1.24 bits per heavy atom. The zero-order valence-corrected chi connectivity index (χ0v) is 18.5. The monoisotopic (exact) mass is 466 g/mol. The van der Waals surface area contributed by atoms with Gasteiger partial charge in [-0.15, -0.1) is 0 Å². The molecular formula is C23H26N6O5. The highest BCUT2D eigenvalue weighted by Crippen LogP contribution is 2.19. The lowest BCUT2D eigenvalue weighted by Crippen LogP contribution is -2.43. The number of rotatable bonds is 10. The molecule has 3 heterocycles. The average molecular weight is 466 g/mol. The maximum Gasteiger partial charge on any atom is 0.326 e. The van der Waals surface area contributed by atoms with Crippen molar-refractivity contribution in [2.24, 2.45) is 4.99 Å². The third-order valence-electron chi connectivity index (χ3n) is 5.10. The maximum atomic E-state index is 12.0. The number of benzene rings is 1. The second-order valence-electron chi connectivity index (χ2n) is 7.74. The Kier molecular flexibility index (Phi) is 7.53. The Bertz CT molecular complexity index is 1130. The fourth-order valence-corrected chi connectivity index (χ4v) is 3.37. The van der Waals surface area contributed by atoms with Gasteiger partial charge in [-0.25, -0.2) is 9.78 Å². The molecule has 1 aliphatic heterocycles. The summed E-state index contributed by atoms with van der Waals surface area (Å²) in [5, 5.41) is 18.2. The number of nitrogens with one attached hydrogen (secondary N) is 3. The second kappa shape index (κ2) is 11.1. The minimum atomic E-state index is -1.02. The molecule has 0 saturated carbocycles. The van der Waals surface area contributed by atoms with Crippen molar-refractivity contribution in [1.29, 1.82) is 0 Å². The third kappa shape index (κ3) is 6.44. The van der Waals surface area contributed by atoms with E-state index in [1.54, 1.807) is 42.6 Å². The van der Waals surface area contributed by atoms with Gasteiger partial charge in [0.15, 0.2) is 11.5 Å². The molecule has 34 heavy (non-hydrogen) atoms. The minimum absolute atomic E-state index is 0.103. The van der Waals surface area contributed by atoms with Crippen LogP contribution in [0.15, 0.2) is 52.0 Å². The smallest absolute Gasteiger partial charge is 0.326 e. The summed E-state index contributed by atoms with van der Waals surface area (Å²) in [6, 6.07) is 9.77. The van der Waals surface area contributed by atoms with Crippen molar-refractivity contribution in [2.75, 3.05) is 25.0 Å². The van der Waals surface area contributed by atoms with Crippen LogP contribution in [0.4, 0.5) is 6.01 Å². The van der Waals surface area contributed by atoms with Gasteiger partial charge in [0.05, 0.1) is 6.61 Å². The van der Waals surface area contributed by atoms with Gasteiger partial charge in [0.25, 0.3) is 6.01 Å². The second-order valence-corrected chi connectivity index (χ2v) is 7.74. The van der Waals surface area contributed by atoms with Gasteiger partial charge in [-0.1, -0.05) is 12.1 Å². The molecule has 1 atom stereocenters. The number of hydrogen-bond donors (Lipinski definition) is 4. The predicted molar refractivity (Wildman–Crippen MR) is 125 cm³/mol. The van der Waals surface area contributed by atoms with Gasteiger partial charge in [0.1, 0.15) is 11.8 Å². The molecule has 0 radical (unpaired) electrons. The predicted octanol–water partition coefficient (Wildman–Crippen LogP) is 1.96. The molecule has 4 N–H and O–H groups in total. The van der Waals surface area contributed by atoms with Crippen molar-refractivity contribution in [3.63, 3.8) is 0 Å². The van der Waals surface area contributed by atoms with Crippen LogP contribution in [-0.4, -0.2) is 58.6 Å². The van der Waals surface area contributed by atoms with E-state index in [0.717, 1.165) is 25.1 Å². The molecule has 0 bridgehead atoms. The van der Waals surface area contributed by atoms with Crippen LogP contribution in [0.3, 0.4) is 0 Å². The Morgan fingerprint density at radius 3 is 2.82 bits per heavy atom. The summed E-state index contributed by atoms with van der Waals surface area (Å²) < 4.78 is 11.2. The van der Waals surface area contributed by atoms with Crippen molar-refractivity contribution in [1.82, 2.24) is 20.6 Å². The number of guanidine groups is 1. The van der Waals surface area contributed by atoms with Crippen LogP contribution in [0.25, 0.3) is 11.2 Å². The zero-order chi connectivity index (χ0) is 23.8. The number of carboxylic acid groups (broad SMARTS) is 1. The largest absolute Gasteiger partial charge is 0.494 e. The number of carbonyl (C=O) groups excluding carboxylic acids is 1. The van der Waals surface area contributed by atoms with Crippen LogP contribution >= 0.6 is 0 Å². The molecule has 178 valence electrons. The molecule has 0 saturated heterocycles. The number of fused-ring (bicyclic) bond motifs is 1. The first-order valence-corrected chi connectivity index (χ1v) is 11.1. The van der Waals surface area contributed by atoms with E-state index >= 15 is 0 Å². The summed E-state index contributed by atoms with van der Waals surface area (Å²) in [5.74, 6) is 0.0549. The first-order valence-electron chi connectivity index (χ1n) is 11.1. The fourth-order valence-electron chi connectivity index (χ4n) is 3.37. The van der Waals surface area contributed by atoms with Gasteiger partial charge in [-0.3, -0.25) is 15.1 Å². The highest BCUT2D eigenvalue weighted by atomic mass is 16.5. The summed E-state index contributed by atoms with van der Waals surface area (Å²) in [7, 11) is 0. The quantitative estimate of drug-likeness (QED) is 0.329. The van der Waals surface area contributed by atoms with E-state index in [-0.39, 0.29) is 18.3 Å². The first kappa shape index (κ1) is 23.0. The third-order valence-corrected chi connectivity index (χ3v) is 5.10. The first-order chi connectivity index (χ1) is 16.6. The number of hydrogen-bond acceptors (Lipinski definition) is 9. The van der Waals surface area contributed by atoms with Crippen molar-refractivity contribution in [2.45, 2.75) is 31.7 Å². The molecule has 1 aromatic carbocycles. The van der Waals surface area contributed by atoms with E-state index in [2.05, 4.69) is 30.9 Å². The number of ether oxygens (including phenoxy) is 1. The van der Waals surface area contributed by atoms with Crippen LogP contribution < -0.4 is 20.7 Å². The lowest BCUT2D eigenvalue weighted by molar-refractivity contribution is -0.138. The fraction of sp³-hybridized carbons (Fsp3) is 0.348. The molecule has 11 nitrogen and oxygen atoms in total. The number of aliphatic imine (C=N–C) groups is 1. The lowest BCUT2D eigenvalue weighted by Gasteiger charge is -2.15. The van der Waals surface area contributed by atoms with Gasteiger partial charge in [0, 0.05) is 32.1 Å². The van der Waals surface area contributed by atoms with Gasteiger partial charge >= 0.3 is 5.97 Å². The van der Waals surface area contributed by atoms with Crippen LogP contribution in [0.1, 0.15) is 24.8 Å². The Morgan fingerprint density at radius 2 is 2.09 bits per heavy atom. The summed E-state index contributed by atoms with van der Waals surface area (Å²) in [4.78, 5) is 36.1. The SMILES string of the molecule is O=C(CCCOc1ccc(C[C@H](Nc2nc3ncccc3o2)C(=O)O)cc1)NC1=NCCCN1. The topological polar surface area (TPSA) is 151 Å². The number of anilines is 1. The lowest BCUT2D eigenvalue weighted by atomic mass is 10.1. The van der Waals surface area contributed by atoms with E-state index in [4.69, 9.17) is 9.15 Å². The number of aliphatic carboxylic acids is 1. The molecule has 4 rings (SSSR count). The van der Waals surface area contributed by atoms with Crippen molar-refractivity contribution < 1.29 is 23.8 Å². The Labute approximate surface area is 195 Å². The molecule has 11 heteroatoms. The number of nitrogens with zero attached hydrogens (tertiary/aromatic N) is 3. The summed E-state index contributed by atoms with van der Waals surface area (Å²) in [5.41, 5.74) is 1.70. The van der Waals surface area contributed by atoms with E-state index < -0.39 is 12.0 Å². The average Bonchev–Trinajstić information content (AvgIpc) is 3.25. The summed E-state index contributed by atoms with van der Waals surface area (Å²) >= 11 is 0. The molecule has 3 aromatic rings. The number of carboxylic acids is 1. The molecule has 0 fully saturated rings. The van der Waals surface area contributed by atoms with Crippen LogP contribution in [0.5, 0.6) is 5.75 Å². The van der Waals surface area contributed by atoms with Gasteiger partial charge < -0.3 is 24.9 Å². The maximum absolute atomic E-state index is 12.0.